The second-order valence-electron chi connectivity index (χ2n) is 6.61. The third-order valence-electron chi connectivity index (χ3n) is 4.32. The zero-order valence-corrected chi connectivity index (χ0v) is 17.6. The van der Waals surface area contributed by atoms with Gasteiger partial charge in [-0.15, -0.1) is 10.2 Å². The predicted molar refractivity (Wildman–Crippen MR) is 116 cm³/mol. The molecule has 29 heavy (non-hydrogen) atoms. The molecule has 0 aliphatic carbocycles. The van der Waals surface area contributed by atoms with Gasteiger partial charge in [0, 0.05) is 23.4 Å². The Bertz CT molecular complexity index is 910. The fourth-order valence-corrected chi connectivity index (χ4v) is 3.77. The van der Waals surface area contributed by atoms with Gasteiger partial charge in [0.25, 0.3) is 0 Å². The fourth-order valence-electron chi connectivity index (χ4n) is 2.82. The number of unbranched alkanes of at least 4 members (excludes halogenated alkanes) is 1. The van der Waals surface area contributed by atoms with Gasteiger partial charge in [-0.05, 0) is 38.8 Å². The van der Waals surface area contributed by atoms with Gasteiger partial charge in [0.05, 0.1) is 6.61 Å². The average Bonchev–Trinajstić information content (AvgIpc) is 3.17. The van der Waals surface area contributed by atoms with Gasteiger partial charge in [0.15, 0.2) is 11.0 Å². The number of nitrogens with zero attached hydrogens (tertiary/aromatic N) is 3. The van der Waals surface area contributed by atoms with Crippen LogP contribution in [-0.2, 0) is 9.63 Å². The maximum Gasteiger partial charge on any atom is 0.243 e. The molecular weight excluding hydrogens is 384 g/mol. The van der Waals surface area contributed by atoms with E-state index in [4.69, 9.17) is 4.84 Å². The van der Waals surface area contributed by atoms with Gasteiger partial charge in [0.1, 0.15) is 0 Å². The van der Waals surface area contributed by atoms with E-state index in [9.17, 15) is 4.79 Å². The van der Waals surface area contributed by atoms with Crippen LogP contribution in [0, 0.1) is 6.92 Å². The minimum Gasteiger partial charge on any atom is -0.274 e. The van der Waals surface area contributed by atoms with Crippen LogP contribution in [0.15, 0.2) is 59.8 Å². The molecule has 1 N–H and O–H groups in total. The van der Waals surface area contributed by atoms with Crippen molar-refractivity contribution in [3.05, 3.63) is 60.2 Å². The van der Waals surface area contributed by atoms with E-state index in [0.29, 0.717) is 13.0 Å². The highest BCUT2D eigenvalue weighted by Crippen LogP contribution is 2.28. The van der Waals surface area contributed by atoms with Crippen molar-refractivity contribution in [3.63, 3.8) is 0 Å². The summed E-state index contributed by atoms with van der Waals surface area (Å²) in [6.45, 7) is 4.38. The summed E-state index contributed by atoms with van der Waals surface area (Å²) in [6.07, 6.45) is 2.17. The second kappa shape index (κ2) is 10.8. The molecule has 0 unspecified atom stereocenters. The minimum absolute atomic E-state index is 0.0778. The van der Waals surface area contributed by atoms with Crippen molar-refractivity contribution >= 4 is 17.7 Å². The van der Waals surface area contributed by atoms with Crippen LogP contribution in [0.2, 0.25) is 0 Å². The molecule has 0 aliphatic heterocycles. The Morgan fingerprint density at radius 1 is 1.07 bits per heavy atom. The van der Waals surface area contributed by atoms with Gasteiger partial charge in [-0.1, -0.05) is 59.8 Å². The first-order chi connectivity index (χ1) is 14.2. The number of hydroxylamine groups is 1. The number of carbonyl (C=O) groups excluding carboxylic acids is 1. The highest BCUT2D eigenvalue weighted by Gasteiger charge is 2.16. The van der Waals surface area contributed by atoms with Crippen LogP contribution in [0.25, 0.3) is 17.1 Å². The number of benzene rings is 2. The van der Waals surface area contributed by atoms with Crippen molar-refractivity contribution in [2.24, 2.45) is 0 Å². The van der Waals surface area contributed by atoms with Crippen molar-refractivity contribution in [3.8, 4) is 17.1 Å². The smallest absolute Gasteiger partial charge is 0.243 e. The highest BCUT2D eigenvalue weighted by atomic mass is 32.2. The first-order valence-electron chi connectivity index (χ1n) is 9.80. The molecule has 0 aliphatic rings. The van der Waals surface area contributed by atoms with Crippen molar-refractivity contribution in [2.75, 3.05) is 12.4 Å². The summed E-state index contributed by atoms with van der Waals surface area (Å²) in [6, 6.07) is 18.5. The molecular formula is C22H26N4O2S. The second-order valence-corrected chi connectivity index (χ2v) is 7.67. The number of para-hydroxylation sites is 1. The van der Waals surface area contributed by atoms with Crippen molar-refractivity contribution in [1.29, 1.82) is 0 Å². The molecule has 0 radical (unpaired) electrons. The van der Waals surface area contributed by atoms with E-state index in [2.05, 4.69) is 63.6 Å². The maximum atomic E-state index is 11.6. The molecule has 3 aromatic rings. The topological polar surface area (TPSA) is 69.0 Å². The van der Waals surface area contributed by atoms with Crippen molar-refractivity contribution in [1.82, 2.24) is 20.2 Å². The summed E-state index contributed by atoms with van der Waals surface area (Å²) in [4.78, 5) is 16.5. The average molecular weight is 411 g/mol. The predicted octanol–water partition coefficient (Wildman–Crippen LogP) is 4.57. The summed E-state index contributed by atoms with van der Waals surface area (Å²) in [7, 11) is 0. The van der Waals surface area contributed by atoms with E-state index in [1.165, 1.54) is 5.56 Å². The Kier molecular flexibility index (Phi) is 7.84. The van der Waals surface area contributed by atoms with Crippen LogP contribution in [0.5, 0.6) is 0 Å². The molecule has 152 valence electrons. The van der Waals surface area contributed by atoms with Crippen LogP contribution in [0.4, 0.5) is 0 Å². The SMILES string of the molecule is CCONC(=O)CCCCSc1nnc(-c2ccc(C)cc2)n1-c1ccccc1. The summed E-state index contributed by atoms with van der Waals surface area (Å²) in [5, 5.41) is 9.76. The van der Waals surface area contributed by atoms with E-state index >= 15 is 0 Å². The van der Waals surface area contributed by atoms with Gasteiger partial charge >= 0.3 is 0 Å². The maximum absolute atomic E-state index is 11.6. The minimum atomic E-state index is -0.0778. The van der Waals surface area contributed by atoms with Crippen LogP contribution in [0.3, 0.4) is 0 Å². The third-order valence-corrected chi connectivity index (χ3v) is 5.33. The molecule has 0 saturated heterocycles. The lowest BCUT2D eigenvalue weighted by atomic mass is 10.1. The molecule has 7 heteroatoms. The summed E-state index contributed by atoms with van der Waals surface area (Å²) in [5.74, 6) is 1.61. The monoisotopic (exact) mass is 410 g/mol. The normalized spacial score (nSPS) is 10.8. The van der Waals surface area contributed by atoms with Crippen LogP contribution in [0.1, 0.15) is 31.7 Å². The van der Waals surface area contributed by atoms with Gasteiger partial charge in [-0.2, -0.15) is 0 Å². The lowest BCUT2D eigenvalue weighted by Gasteiger charge is -2.10. The molecule has 1 amide bonds. The van der Waals surface area contributed by atoms with E-state index < -0.39 is 0 Å². The molecule has 3 rings (SSSR count). The highest BCUT2D eigenvalue weighted by molar-refractivity contribution is 7.99. The van der Waals surface area contributed by atoms with E-state index in [-0.39, 0.29) is 5.91 Å². The zero-order valence-electron chi connectivity index (χ0n) is 16.8. The summed E-state index contributed by atoms with van der Waals surface area (Å²) < 4.78 is 2.09. The molecule has 0 fully saturated rings. The molecule has 0 saturated carbocycles. The Hall–Kier alpha value is -2.64. The number of thioether (sulfide) groups is 1. The number of nitrogens with one attached hydrogen (secondary N) is 1. The quantitative estimate of drug-likeness (QED) is 0.301. The van der Waals surface area contributed by atoms with Gasteiger partial charge < -0.3 is 0 Å². The van der Waals surface area contributed by atoms with Crippen LogP contribution in [-0.4, -0.2) is 33.0 Å². The van der Waals surface area contributed by atoms with Crippen molar-refractivity contribution < 1.29 is 9.63 Å². The number of rotatable bonds is 10. The molecule has 1 aromatic heterocycles. The standard InChI is InChI=1S/C22H26N4O2S/c1-3-28-25-20(27)11-7-8-16-29-22-24-23-21(18-14-12-17(2)13-15-18)26(22)19-9-5-4-6-10-19/h4-6,9-10,12-15H,3,7-8,11,16H2,1-2H3,(H,25,27). The van der Waals surface area contributed by atoms with Crippen molar-refractivity contribution in [2.45, 2.75) is 38.3 Å². The largest absolute Gasteiger partial charge is 0.274 e. The lowest BCUT2D eigenvalue weighted by Crippen LogP contribution is -2.23. The molecule has 2 aromatic carbocycles. The number of aryl methyl sites for hydroxylation is 1. The zero-order chi connectivity index (χ0) is 20.5. The van der Waals surface area contributed by atoms with E-state index in [1.807, 2.05) is 25.1 Å². The molecule has 6 nitrogen and oxygen atoms in total. The number of carbonyl (C=O) groups is 1. The van der Waals surface area contributed by atoms with Crippen LogP contribution >= 0.6 is 11.8 Å². The van der Waals surface area contributed by atoms with Gasteiger partial charge in [0.2, 0.25) is 5.91 Å². The summed E-state index contributed by atoms with van der Waals surface area (Å²) >= 11 is 1.66. The molecule has 0 atom stereocenters. The number of aromatic nitrogens is 3. The Morgan fingerprint density at radius 2 is 1.83 bits per heavy atom. The number of amides is 1. The Balaban J connectivity index is 1.69. The Morgan fingerprint density at radius 3 is 2.55 bits per heavy atom. The molecule has 1 heterocycles. The number of hydrogen-bond donors (Lipinski definition) is 1. The van der Waals surface area contributed by atoms with E-state index in [1.54, 1.807) is 11.8 Å². The summed E-state index contributed by atoms with van der Waals surface area (Å²) in [5.41, 5.74) is 5.70. The van der Waals surface area contributed by atoms with Gasteiger partial charge in [-0.25, -0.2) is 5.48 Å². The first-order valence-corrected chi connectivity index (χ1v) is 10.8. The fraction of sp³-hybridized carbons (Fsp3) is 0.318. The number of hydrogen-bond acceptors (Lipinski definition) is 5. The molecule has 0 spiro atoms. The molecule has 0 bridgehead atoms. The lowest BCUT2D eigenvalue weighted by molar-refractivity contribution is -0.133. The van der Waals surface area contributed by atoms with E-state index in [0.717, 1.165) is 40.8 Å². The van der Waals surface area contributed by atoms with Crippen LogP contribution < -0.4 is 5.48 Å². The Labute approximate surface area is 175 Å². The third kappa shape index (κ3) is 5.92. The first kappa shape index (κ1) is 21.1. The van der Waals surface area contributed by atoms with Gasteiger partial charge in [-0.3, -0.25) is 14.2 Å².